The number of hydrogen-bond donors (Lipinski definition) is 2. The van der Waals surface area contributed by atoms with Gasteiger partial charge in [-0.05, 0) is 6.92 Å². The fraction of sp³-hybridized carbons (Fsp3) is 0.400. The first-order chi connectivity index (χ1) is 8.78. The number of carbonyl (C=O) groups excluding carboxylic acids is 1. The summed E-state index contributed by atoms with van der Waals surface area (Å²) in [7, 11) is 0. The van der Waals surface area contributed by atoms with Gasteiger partial charge in [0.15, 0.2) is 5.75 Å². The van der Waals surface area contributed by atoms with Gasteiger partial charge in [0, 0.05) is 12.6 Å². The molecule has 3 N–H and O–H groups in total. The van der Waals surface area contributed by atoms with E-state index in [-0.39, 0.29) is 18.0 Å². The van der Waals surface area contributed by atoms with Crippen LogP contribution in [0.2, 0.25) is 0 Å². The van der Waals surface area contributed by atoms with Crippen molar-refractivity contribution in [3.63, 3.8) is 0 Å². The van der Waals surface area contributed by atoms with Crippen LogP contribution in [0.4, 0.5) is 13.2 Å². The normalized spacial score (nSPS) is 11.2. The Bertz CT molecular complexity index is 524. The van der Waals surface area contributed by atoms with Gasteiger partial charge in [-0.1, -0.05) is 0 Å². The molecule has 0 fully saturated rings. The lowest BCUT2D eigenvalue weighted by Gasteiger charge is -2.12. The smallest absolute Gasteiger partial charge is 0.461 e. The number of rotatable bonds is 4. The molecular weight excluding hydrogens is 269 g/mol. The Hall–Kier alpha value is -2.03. The van der Waals surface area contributed by atoms with Crippen LogP contribution >= 0.6 is 0 Å². The van der Waals surface area contributed by atoms with Crippen LogP contribution in [-0.4, -0.2) is 23.9 Å². The van der Waals surface area contributed by atoms with E-state index in [2.05, 4.69) is 14.5 Å². The highest BCUT2D eigenvalue weighted by Gasteiger charge is 2.33. The fourth-order valence-corrected chi connectivity index (χ4v) is 1.29. The number of nitrogens with two attached hydrogens (primary N) is 1. The lowest BCUT2D eigenvalue weighted by molar-refractivity contribution is -0.275. The molecule has 1 aromatic rings. The van der Waals surface area contributed by atoms with Gasteiger partial charge >= 0.3 is 12.3 Å². The Kier molecular flexibility index (Phi) is 4.54. The van der Waals surface area contributed by atoms with Crippen molar-refractivity contribution in [3.05, 3.63) is 27.7 Å². The SMILES string of the molecule is CCOC(=O)c1cc(=O)c(OC(F)(F)F)c(CN)[nH]1. The molecule has 1 heterocycles. The van der Waals surface area contributed by atoms with Crippen molar-refractivity contribution in [1.29, 1.82) is 0 Å². The summed E-state index contributed by atoms with van der Waals surface area (Å²) in [6.07, 6.45) is -5.03. The molecule has 0 saturated carbocycles. The highest BCUT2D eigenvalue weighted by molar-refractivity contribution is 5.87. The Balaban J connectivity index is 3.22. The van der Waals surface area contributed by atoms with E-state index in [0.717, 1.165) is 0 Å². The number of pyridine rings is 1. The van der Waals surface area contributed by atoms with E-state index in [1.165, 1.54) is 0 Å². The topological polar surface area (TPSA) is 94.4 Å². The summed E-state index contributed by atoms with van der Waals surface area (Å²) in [5, 5.41) is 0. The molecular formula is C10H11F3N2O4. The lowest BCUT2D eigenvalue weighted by atomic mass is 10.2. The van der Waals surface area contributed by atoms with Gasteiger partial charge in [0.1, 0.15) is 5.69 Å². The van der Waals surface area contributed by atoms with E-state index in [1.54, 1.807) is 6.92 Å². The minimum Gasteiger partial charge on any atom is -0.461 e. The fourth-order valence-electron chi connectivity index (χ4n) is 1.29. The maximum Gasteiger partial charge on any atom is 0.573 e. The van der Waals surface area contributed by atoms with E-state index >= 15 is 0 Å². The Morgan fingerprint density at radius 3 is 2.58 bits per heavy atom. The third-order valence-electron chi connectivity index (χ3n) is 1.98. The number of carbonyl (C=O) groups is 1. The number of halogens is 3. The standard InChI is InChI=1S/C10H11F3N2O4/c1-2-18-9(17)5-3-7(16)8(6(4-14)15-5)19-10(11,12)13/h3H,2,4,14H2,1H3,(H,15,16). The van der Waals surface area contributed by atoms with Crippen molar-refractivity contribution < 1.29 is 27.4 Å². The van der Waals surface area contributed by atoms with E-state index in [1.807, 2.05) is 0 Å². The van der Waals surface area contributed by atoms with E-state index in [4.69, 9.17) is 5.73 Å². The number of hydrogen-bond acceptors (Lipinski definition) is 5. The summed E-state index contributed by atoms with van der Waals surface area (Å²) in [4.78, 5) is 25.1. The second-order valence-corrected chi connectivity index (χ2v) is 3.33. The Morgan fingerprint density at radius 1 is 1.47 bits per heavy atom. The lowest BCUT2D eigenvalue weighted by Crippen LogP contribution is -2.25. The van der Waals surface area contributed by atoms with E-state index in [0.29, 0.717) is 6.07 Å². The van der Waals surface area contributed by atoms with Crippen molar-refractivity contribution in [2.45, 2.75) is 19.8 Å². The Labute approximate surface area is 105 Å². The minimum atomic E-state index is -5.03. The van der Waals surface area contributed by atoms with Gasteiger partial charge in [0.2, 0.25) is 5.43 Å². The second kappa shape index (κ2) is 5.74. The molecule has 0 radical (unpaired) electrons. The first kappa shape index (κ1) is 15.0. The van der Waals surface area contributed by atoms with Gasteiger partial charge in [-0.3, -0.25) is 4.79 Å². The molecule has 0 aliphatic rings. The van der Waals surface area contributed by atoms with E-state index in [9.17, 15) is 22.8 Å². The predicted molar refractivity (Wildman–Crippen MR) is 57.6 cm³/mol. The van der Waals surface area contributed by atoms with Crippen LogP contribution in [0, 0.1) is 0 Å². The van der Waals surface area contributed by atoms with Crippen LogP contribution < -0.4 is 15.9 Å². The highest BCUT2D eigenvalue weighted by atomic mass is 19.4. The second-order valence-electron chi connectivity index (χ2n) is 3.33. The van der Waals surface area contributed by atoms with Crippen LogP contribution in [0.1, 0.15) is 23.1 Å². The summed E-state index contributed by atoms with van der Waals surface area (Å²) in [6.45, 7) is 1.16. The van der Waals surface area contributed by atoms with E-state index < -0.39 is 30.1 Å². The first-order valence-corrected chi connectivity index (χ1v) is 5.17. The summed E-state index contributed by atoms with van der Waals surface area (Å²) >= 11 is 0. The van der Waals surface area contributed by atoms with Crippen LogP contribution in [-0.2, 0) is 11.3 Å². The number of alkyl halides is 3. The molecule has 19 heavy (non-hydrogen) atoms. The van der Waals surface area contributed by atoms with Gasteiger partial charge in [0.25, 0.3) is 0 Å². The highest BCUT2D eigenvalue weighted by Crippen LogP contribution is 2.22. The van der Waals surface area contributed by atoms with Gasteiger partial charge in [-0.25, -0.2) is 4.79 Å². The summed E-state index contributed by atoms with van der Waals surface area (Å²) < 4.78 is 44.5. The molecule has 0 saturated heterocycles. The minimum absolute atomic E-state index is 0.0552. The van der Waals surface area contributed by atoms with Crippen molar-refractivity contribution in [3.8, 4) is 5.75 Å². The monoisotopic (exact) mass is 280 g/mol. The number of aromatic amines is 1. The van der Waals surface area contributed by atoms with Crippen molar-refractivity contribution in [1.82, 2.24) is 4.98 Å². The molecule has 0 aliphatic heterocycles. The molecule has 9 heteroatoms. The number of ether oxygens (including phenoxy) is 2. The van der Waals surface area contributed by atoms with Gasteiger partial charge in [-0.15, -0.1) is 13.2 Å². The number of aromatic nitrogens is 1. The van der Waals surface area contributed by atoms with Crippen molar-refractivity contribution in [2.75, 3.05) is 6.61 Å². The molecule has 0 aromatic carbocycles. The predicted octanol–water partition coefficient (Wildman–Crippen LogP) is 0.909. The van der Waals surface area contributed by atoms with Crippen LogP contribution in [0.5, 0.6) is 5.75 Å². The number of nitrogens with one attached hydrogen (secondary N) is 1. The van der Waals surface area contributed by atoms with Crippen LogP contribution in [0.25, 0.3) is 0 Å². The maximum atomic E-state index is 12.1. The first-order valence-electron chi connectivity index (χ1n) is 5.17. The van der Waals surface area contributed by atoms with Gasteiger partial charge in [-0.2, -0.15) is 0 Å². The van der Waals surface area contributed by atoms with Crippen molar-refractivity contribution >= 4 is 5.97 Å². The van der Waals surface area contributed by atoms with Gasteiger partial charge < -0.3 is 20.2 Å². The molecule has 0 bridgehead atoms. The third-order valence-corrected chi connectivity index (χ3v) is 1.98. The largest absolute Gasteiger partial charge is 0.573 e. The zero-order chi connectivity index (χ0) is 14.6. The molecule has 1 aromatic heterocycles. The molecule has 0 unspecified atom stereocenters. The number of esters is 1. The molecule has 106 valence electrons. The summed E-state index contributed by atoms with van der Waals surface area (Å²) in [5.74, 6) is -1.85. The molecule has 0 aliphatic carbocycles. The Morgan fingerprint density at radius 2 is 2.11 bits per heavy atom. The maximum absolute atomic E-state index is 12.1. The molecule has 0 atom stereocenters. The van der Waals surface area contributed by atoms with Crippen LogP contribution in [0.3, 0.4) is 0 Å². The average molecular weight is 280 g/mol. The quantitative estimate of drug-likeness (QED) is 0.799. The van der Waals surface area contributed by atoms with Crippen LogP contribution in [0.15, 0.2) is 10.9 Å². The molecule has 1 rings (SSSR count). The molecule has 0 spiro atoms. The van der Waals surface area contributed by atoms with Crippen molar-refractivity contribution in [2.24, 2.45) is 5.73 Å². The zero-order valence-corrected chi connectivity index (χ0v) is 9.84. The zero-order valence-electron chi connectivity index (χ0n) is 9.84. The number of H-pyrrole nitrogens is 1. The summed E-state index contributed by atoms with van der Waals surface area (Å²) in [6, 6.07) is 0.665. The summed E-state index contributed by atoms with van der Waals surface area (Å²) in [5.41, 5.74) is 3.47. The molecule has 0 amide bonds. The third kappa shape index (κ3) is 3.98. The van der Waals surface area contributed by atoms with Gasteiger partial charge in [0.05, 0.1) is 12.3 Å². The average Bonchev–Trinajstić information content (AvgIpc) is 2.30. The molecule has 6 nitrogen and oxygen atoms in total.